The highest BCUT2D eigenvalue weighted by atomic mass is 32.2. The number of rotatable bonds is 12. The van der Waals surface area contributed by atoms with Gasteiger partial charge in [-0.25, -0.2) is 4.79 Å². The van der Waals surface area contributed by atoms with Gasteiger partial charge in [0.1, 0.15) is 0 Å². The lowest BCUT2D eigenvalue weighted by atomic mass is 10.0. The van der Waals surface area contributed by atoms with Crippen molar-refractivity contribution < 1.29 is 39.2 Å². The summed E-state index contributed by atoms with van der Waals surface area (Å²) in [4.78, 5) is 34.8. The SMILES string of the molecule is O=C(O)CCC(=O)NCc1ccc([C@H]2O[C@@H](CSc3ccccc3C(=O)O)C[C@@H](c3ccc(CO)cc3)O2)cc1. The average molecular weight is 566 g/mol. The summed E-state index contributed by atoms with van der Waals surface area (Å²) in [5.74, 6) is -1.80. The van der Waals surface area contributed by atoms with E-state index < -0.39 is 18.2 Å². The standard InChI is InChI=1S/C30H31NO8S/c32-17-20-7-9-21(10-8-20)25-15-23(18-40-26-4-2-1-3-24(26)29(36)37)38-30(39-25)22-11-5-19(6-12-22)16-31-27(33)13-14-28(34)35/h1-12,23,25,30,32H,13-18H2,(H,31,33)(H,34,35)(H,36,37)/t23-,25+,30+/m1/s1. The molecule has 0 saturated carbocycles. The molecule has 3 aromatic rings. The van der Waals surface area contributed by atoms with E-state index in [-0.39, 0.29) is 49.7 Å². The number of hydrogen-bond acceptors (Lipinski definition) is 7. The summed E-state index contributed by atoms with van der Waals surface area (Å²) in [6.45, 7) is 0.222. The summed E-state index contributed by atoms with van der Waals surface area (Å²) in [6.07, 6.45) is -0.907. The summed E-state index contributed by atoms with van der Waals surface area (Å²) in [6, 6.07) is 21.9. The van der Waals surface area contributed by atoms with Crippen molar-refractivity contribution in [2.75, 3.05) is 5.75 Å². The van der Waals surface area contributed by atoms with Crippen molar-refractivity contribution in [3.63, 3.8) is 0 Å². The van der Waals surface area contributed by atoms with Crippen molar-refractivity contribution in [3.05, 3.63) is 101 Å². The van der Waals surface area contributed by atoms with Crippen molar-refractivity contribution in [2.24, 2.45) is 0 Å². The molecule has 1 saturated heterocycles. The number of nitrogens with one attached hydrogen (secondary N) is 1. The molecule has 3 aromatic carbocycles. The van der Waals surface area contributed by atoms with E-state index in [4.69, 9.17) is 14.6 Å². The number of aliphatic hydroxyl groups is 1. The smallest absolute Gasteiger partial charge is 0.336 e. The molecule has 210 valence electrons. The molecule has 0 aliphatic carbocycles. The molecule has 0 radical (unpaired) electrons. The highest BCUT2D eigenvalue weighted by Gasteiger charge is 2.32. The molecule has 0 unspecified atom stereocenters. The third kappa shape index (κ3) is 8.15. The van der Waals surface area contributed by atoms with Crippen LogP contribution in [0.1, 0.15) is 64.3 Å². The van der Waals surface area contributed by atoms with E-state index in [2.05, 4.69) is 5.32 Å². The Morgan fingerprint density at radius 3 is 2.20 bits per heavy atom. The van der Waals surface area contributed by atoms with Gasteiger partial charge in [-0.15, -0.1) is 11.8 Å². The van der Waals surface area contributed by atoms with Crippen molar-refractivity contribution in [1.82, 2.24) is 5.32 Å². The fraction of sp³-hybridized carbons (Fsp3) is 0.300. The largest absolute Gasteiger partial charge is 0.481 e. The Hall–Kier alpha value is -3.70. The molecule has 4 rings (SSSR count). The maximum absolute atomic E-state index is 11.8. The molecule has 10 heteroatoms. The van der Waals surface area contributed by atoms with Gasteiger partial charge in [0.25, 0.3) is 0 Å². The number of ether oxygens (including phenoxy) is 2. The first-order chi connectivity index (χ1) is 19.3. The normalized spacial score (nSPS) is 18.7. The molecule has 3 atom stereocenters. The number of benzene rings is 3. The van der Waals surface area contributed by atoms with Crippen LogP contribution in [-0.4, -0.2) is 45.0 Å². The molecule has 0 aromatic heterocycles. The first kappa shape index (κ1) is 29.3. The van der Waals surface area contributed by atoms with Crippen molar-refractivity contribution in [2.45, 2.75) is 55.8 Å². The van der Waals surface area contributed by atoms with E-state index in [0.29, 0.717) is 17.1 Å². The quantitative estimate of drug-likeness (QED) is 0.230. The van der Waals surface area contributed by atoms with Crippen molar-refractivity contribution in [3.8, 4) is 0 Å². The van der Waals surface area contributed by atoms with E-state index in [1.165, 1.54) is 11.8 Å². The molecular formula is C30H31NO8S. The highest BCUT2D eigenvalue weighted by Crippen LogP contribution is 2.39. The van der Waals surface area contributed by atoms with Crippen LogP contribution in [-0.2, 0) is 32.2 Å². The molecule has 40 heavy (non-hydrogen) atoms. The lowest BCUT2D eigenvalue weighted by Crippen LogP contribution is -2.31. The molecule has 1 aliphatic rings. The molecule has 1 aliphatic heterocycles. The number of aromatic carboxylic acids is 1. The zero-order chi connectivity index (χ0) is 28.5. The topological polar surface area (TPSA) is 142 Å². The molecular weight excluding hydrogens is 534 g/mol. The second-order valence-corrected chi connectivity index (χ2v) is 10.4. The third-order valence-electron chi connectivity index (χ3n) is 6.46. The highest BCUT2D eigenvalue weighted by molar-refractivity contribution is 7.99. The minimum Gasteiger partial charge on any atom is -0.481 e. The molecule has 4 N–H and O–H groups in total. The van der Waals surface area contributed by atoms with Gasteiger partial charge in [-0.3, -0.25) is 9.59 Å². The van der Waals surface area contributed by atoms with Crippen LogP contribution in [0.5, 0.6) is 0 Å². The van der Waals surface area contributed by atoms with Crippen molar-refractivity contribution in [1.29, 1.82) is 0 Å². The number of carbonyl (C=O) groups is 3. The Morgan fingerprint density at radius 2 is 1.52 bits per heavy atom. The maximum Gasteiger partial charge on any atom is 0.336 e. The Morgan fingerprint density at radius 1 is 0.850 bits per heavy atom. The molecule has 0 spiro atoms. The van der Waals surface area contributed by atoms with Gasteiger partial charge in [-0.05, 0) is 28.8 Å². The fourth-order valence-corrected chi connectivity index (χ4v) is 5.34. The number of thioether (sulfide) groups is 1. The lowest BCUT2D eigenvalue weighted by Gasteiger charge is -2.36. The fourth-order valence-electron chi connectivity index (χ4n) is 4.28. The minimum absolute atomic E-state index is 0.0495. The number of aliphatic carboxylic acids is 1. The Kier molecular flexibility index (Phi) is 10.3. The minimum atomic E-state index is -1.02. The van der Waals surface area contributed by atoms with Gasteiger partial charge in [-0.2, -0.15) is 0 Å². The molecule has 0 bridgehead atoms. The zero-order valence-corrected chi connectivity index (χ0v) is 22.5. The maximum atomic E-state index is 11.8. The predicted molar refractivity (Wildman–Crippen MR) is 148 cm³/mol. The van der Waals surface area contributed by atoms with Gasteiger partial charge < -0.3 is 30.1 Å². The molecule has 9 nitrogen and oxygen atoms in total. The van der Waals surface area contributed by atoms with Crippen LogP contribution in [0.3, 0.4) is 0 Å². The number of hydrogen-bond donors (Lipinski definition) is 4. The number of carboxylic acids is 2. The third-order valence-corrected chi connectivity index (χ3v) is 7.67. The first-order valence-electron chi connectivity index (χ1n) is 12.9. The van der Waals surface area contributed by atoms with Crippen LogP contribution in [0.4, 0.5) is 0 Å². The zero-order valence-electron chi connectivity index (χ0n) is 21.7. The summed E-state index contributed by atoms with van der Waals surface area (Å²) >= 11 is 1.43. The number of aliphatic hydroxyl groups excluding tert-OH is 1. The predicted octanol–water partition coefficient (Wildman–Crippen LogP) is 4.70. The Balaban J connectivity index is 1.46. The van der Waals surface area contributed by atoms with E-state index >= 15 is 0 Å². The van der Waals surface area contributed by atoms with Crippen molar-refractivity contribution >= 4 is 29.6 Å². The Bertz CT molecular complexity index is 1310. The monoisotopic (exact) mass is 565 g/mol. The van der Waals surface area contributed by atoms with Gasteiger partial charge in [0.2, 0.25) is 5.91 Å². The molecule has 1 amide bonds. The van der Waals surface area contributed by atoms with Crippen LogP contribution < -0.4 is 5.32 Å². The summed E-state index contributed by atoms with van der Waals surface area (Å²) in [5.41, 5.74) is 3.63. The van der Waals surface area contributed by atoms with Crippen LogP contribution in [0.2, 0.25) is 0 Å². The van der Waals surface area contributed by atoms with E-state index in [1.807, 2.05) is 54.6 Å². The first-order valence-corrected chi connectivity index (χ1v) is 13.8. The second kappa shape index (κ2) is 14.1. The van der Waals surface area contributed by atoms with Gasteiger partial charge in [0.15, 0.2) is 6.29 Å². The number of carboxylic acid groups (broad SMARTS) is 2. The van der Waals surface area contributed by atoms with Gasteiger partial charge in [-0.1, -0.05) is 60.7 Å². The van der Waals surface area contributed by atoms with Gasteiger partial charge in [0.05, 0.1) is 30.8 Å². The second-order valence-electron chi connectivity index (χ2n) is 9.37. The summed E-state index contributed by atoms with van der Waals surface area (Å²) < 4.78 is 12.7. The van der Waals surface area contributed by atoms with Crippen LogP contribution >= 0.6 is 11.8 Å². The molecule has 1 heterocycles. The van der Waals surface area contributed by atoms with Gasteiger partial charge in [0, 0.05) is 35.6 Å². The van der Waals surface area contributed by atoms with Crippen LogP contribution in [0.25, 0.3) is 0 Å². The number of carbonyl (C=O) groups excluding carboxylic acids is 1. The summed E-state index contributed by atoms with van der Waals surface area (Å²) in [5, 5.41) is 30.4. The van der Waals surface area contributed by atoms with E-state index in [9.17, 15) is 24.6 Å². The van der Waals surface area contributed by atoms with Gasteiger partial charge >= 0.3 is 11.9 Å². The summed E-state index contributed by atoms with van der Waals surface area (Å²) in [7, 11) is 0. The van der Waals surface area contributed by atoms with E-state index in [1.54, 1.807) is 18.2 Å². The Labute approximate surface area is 236 Å². The average Bonchev–Trinajstić information content (AvgIpc) is 2.98. The van der Waals surface area contributed by atoms with E-state index in [0.717, 1.165) is 22.3 Å². The van der Waals surface area contributed by atoms with Crippen LogP contribution in [0, 0.1) is 0 Å². The molecule has 1 fully saturated rings. The number of amides is 1. The van der Waals surface area contributed by atoms with Crippen LogP contribution in [0.15, 0.2) is 77.7 Å². The lowest BCUT2D eigenvalue weighted by molar-refractivity contribution is -0.245.